The first kappa shape index (κ1) is 26.2. The largest absolute Gasteiger partial charge is 0.496 e. The van der Waals surface area contributed by atoms with Crippen molar-refractivity contribution in [2.24, 2.45) is 10.9 Å². The monoisotopic (exact) mass is 576 g/mol. The van der Waals surface area contributed by atoms with Crippen LogP contribution in [0.15, 0.2) is 76.5 Å². The number of nitrogens with zero attached hydrogens (tertiary/aromatic N) is 2. The molecule has 0 saturated carbocycles. The maximum absolute atomic E-state index is 13.9. The molecule has 10 heteroatoms. The third-order valence-electron chi connectivity index (χ3n) is 7.13. The number of benzene rings is 3. The van der Waals surface area contributed by atoms with E-state index in [-0.39, 0.29) is 12.2 Å². The number of halogens is 1. The summed E-state index contributed by atoms with van der Waals surface area (Å²) in [6.45, 7) is 2.00. The van der Waals surface area contributed by atoms with E-state index in [1.54, 1.807) is 30.7 Å². The number of aromatic nitrogens is 1. The van der Waals surface area contributed by atoms with Crippen molar-refractivity contribution in [1.29, 1.82) is 0 Å². The number of methoxy groups -OCH3 is 2. The van der Waals surface area contributed by atoms with E-state index >= 15 is 0 Å². The maximum Gasteiger partial charge on any atom is 0.317 e. The molecule has 2 aliphatic rings. The number of rotatable bonds is 6. The molecule has 204 valence electrons. The van der Waals surface area contributed by atoms with Crippen LogP contribution in [0.4, 0.5) is 0 Å². The van der Waals surface area contributed by atoms with Crippen molar-refractivity contribution in [3.8, 4) is 17.2 Å². The fourth-order valence-electron chi connectivity index (χ4n) is 5.30. The zero-order valence-corrected chi connectivity index (χ0v) is 23.5. The highest BCUT2D eigenvalue weighted by Gasteiger charge is 2.55. The van der Waals surface area contributed by atoms with E-state index in [9.17, 15) is 9.59 Å². The average Bonchev–Trinajstić information content (AvgIpc) is 3.24. The Morgan fingerprint density at radius 2 is 1.98 bits per heavy atom. The number of carbonyl (C=O) groups excluding carboxylic acids is 1. The van der Waals surface area contributed by atoms with Crippen molar-refractivity contribution in [2.75, 3.05) is 14.2 Å². The van der Waals surface area contributed by atoms with Gasteiger partial charge in [0, 0.05) is 16.1 Å². The van der Waals surface area contributed by atoms with E-state index in [1.165, 1.54) is 18.4 Å². The first-order valence-corrected chi connectivity index (χ1v) is 13.7. The first-order chi connectivity index (χ1) is 19.3. The van der Waals surface area contributed by atoms with E-state index in [0.717, 1.165) is 16.7 Å². The summed E-state index contributed by atoms with van der Waals surface area (Å²) in [4.78, 5) is 32.1. The van der Waals surface area contributed by atoms with Gasteiger partial charge in [0.2, 0.25) is 5.72 Å². The molecule has 4 aromatic rings. The molecule has 0 saturated heterocycles. The third-order valence-corrected chi connectivity index (χ3v) is 8.35. The van der Waals surface area contributed by atoms with E-state index in [1.807, 2.05) is 60.7 Å². The molecule has 2 aliphatic heterocycles. The molecule has 3 heterocycles. The van der Waals surface area contributed by atoms with Crippen molar-refractivity contribution >= 4 is 35.0 Å². The molecular weight excluding hydrogens is 552 g/mol. The Morgan fingerprint density at radius 1 is 1.15 bits per heavy atom. The minimum atomic E-state index is -1.22. The predicted octanol–water partition coefficient (Wildman–Crippen LogP) is 4.10. The van der Waals surface area contributed by atoms with Gasteiger partial charge in [-0.15, -0.1) is 0 Å². The van der Waals surface area contributed by atoms with Gasteiger partial charge in [-0.05, 0) is 55.0 Å². The maximum atomic E-state index is 13.9. The Kier molecular flexibility index (Phi) is 6.64. The molecule has 3 atom stereocenters. The van der Waals surface area contributed by atoms with Crippen LogP contribution < -0.4 is 29.1 Å². The molecule has 0 spiro atoms. The molecule has 0 radical (unpaired) electrons. The van der Waals surface area contributed by atoms with Gasteiger partial charge in [0.25, 0.3) is 5.56 Å². The SMILES string of the molecule is COC(=O)C1C2c3ccccc3OC1(C)N=c1s/c(=C/c3ccc(OC)c(COc4cccc(Cl)c4)c3)c(=O)n12. The fraction of sp³-hybridized carbons (Fsp3) is 0.233. The Bertz CT molecular complexity index is 1820. The second kappa shape index (κ2) is 10.1. The van der Waals surface area contributed by atoms with Crippen LogP contribution in [0.25, 0.3) is 6.08 Å². The normalized spacial score (nSPS) is 20.9. The van der Waals surface area contributed by atoms with E-state index in [0.29, 0.717) is 31.6 Å². The lowest BCUT2D eigenvalue weighted by Crippen LogP contribution is -2.58. The van der Waals surface area contributed by atoms with Gasteiger partial charge in [-0.25, -0.2) is 4.99 Å². The first-order valence-electron chi connectivity index (χ1n) is 12.6. The highest BCUT2D eigenvalue weighted by molar-refractivity contribution is 7.07. The van der Waals surface area contributed by atoms with Gasteiger partial charge in [-0.1, -0.05) is 53.3 Å². The number of hydrogen-bond donors (Lipinski definition) is 0. The van der Waals surface area contributed by atoms with Gasteiger partial charge in [0.1, 0.15) is 29.8 Å². The molecule has 3 unspecified atom stereocenters. The van der Waals surface area contributed by atoms with Gasteiger partial charge < -0.3 is 18.9 Å². The molecule has 0 fully saturated rings. The van der Waals surface area contributed by atoms with Crippen molar-refractivity contribution in [3.05, 3.63) is 108 Å². The smallest absolute Gasteiger partial charge is 0.317 e. The second-order valence-corrected chi connectivity index (χ2v) is 11.1. The Balaban J connectivity index is 1.44. The highest BCUT2D eigenvalue weighted by Crippen LogP contribution is 2.47. The Morgan fingerprint density at radius 3 is 2.75 bits per heavy atom. The highest BCUT2D eigenvalue weighted by atomic mass is 35.5. The number of thiazole rings is 1. The molecule has 0 amide bonds. The van der Waals surface area contributed by atoms with E-state index < -0.39 is 23.7 Å². The summed E-state index contributed by atoms with van der Waals surface area (Å²) in [5.74, 6) is 0.577. The number of esters is 1. The quantitative estimate of drug-likeness (QED) is 0.321. The minimum Gasteiger partial charge on any atom is -0.496 e. The number of ether oxygens (including phenoxy) is 4. The topological polar surface area (TPSA) is 88.4 Å². The van der Waals surface area contributed by atoms with Crippen LogP contribution in [0.3, 0.4) is 0 Å². The molecule has 0 aliphatic carbocycles. The summed E-state index contributed by atoms with van der Waals surface area (Å²) >= 11 is 7.34. The summed E-state index contributed by atoms with van der Waals surface area (Å²) in [6.07, 6.45) is 1.81. The minimum absolute atomic E-state index is 0.242. The van der Waals surface area contributed by atoms with Crippen LogP contribution in [-0.2, 0) is 16.1 Å². The second-order valence-electron chi connectivity index (χ2n) is 9.64. The lowest BCUT2D eigenvalue weighted by Gasteiger charge is -2.44. The Labute approximate surface area is 238 Å². The summed E-state index contributed by atoms with van der Waals surface area (Å²) in [7, 11) is 2.93. The van der Waals surface area contributed by atoms with E-state index in [2.05, 4.69) is 0 Å². The van der Waals surface area contributed by atoms with Gasteiger partial charge in [0.05, 0.1) is 24.8 Å². The molecule has 2 bridgehead atoms. The van der Waals surface area contributed by atoms with Crippen LogP contribution in [0.5, 0.6) is 17.2 Å². The number of carbonyl (C=O) groups is 1. The van der Waals surface area contributed by atoms with Gasteiger partial charge in [-0.2, -0.15) is 0 Å². The summed E-state index contributed by atoms with van der Waals surface area (Å²) in [5, 5.41) is 0.583. The molecule has 40 heavy (non-hydrogen) atoms. The number of hydrogen-bond acceptors (Lipinski definition) is 8. The van der Waals surface area contributed by atoms with Gasteiger partial charge >= 0.3 is 5.97 Å². The fourth-order valence-corrected chi connectivity index (χ4v) is 6.58. The summed E-state index contributed by atoms with van der Waals surface area (Å²) < 4.78 is 24.9. The van der Waals surface area contributed by atoms with Crippen molar-refractivity contribution in [2.45, 2.75) is 25.3 Å². The molecule has 6 rings (SSSR count). The van der Waals surface area contributed by atoms with Crippen LogP contribution in [0.2, 0.25) is 5.02 Å². The van der Waals surface area contributed by atoms with Crippen LogP contribution >= 0.6 is 22.9 Å². The third kappa shape index (κ3) is 4.45. The molecule has 8 nitrogen and oxygen atoms in total. The zero-order valence-electron chi connectivity index (χ0n) is 21.9. The summed E-state index contributed by atoms with van der Waals surface area (Å²) in [6, 6.07) is 19.6. The number of fused-ring (bicyclic) bond motifs is 6. The summed E-state index contributed by atoms with van der Waals surface area (Å²) in [5.41, 5.74) is 0.874. The van der Waals surface area contributed by atoms with Crippen LogP contribution in [0.1, 0.15) is 29.7 Å². The molecule has 3 aromatic carbocycles. The number of para-hydroxylation sites is 1. The molecular formula is C30H25ClN2O6S. The Hall–Kier alpha value is -4.08. The molecule has 0 N–H and O–H groups in total. The van der Waals surface area contributed by atoms with Crippen LogP contribution in [-0.4, -0.2) is 30.5 Å². The lowest BCUT2D eigenvalue weighted by molar-refractivity contribution is -0.158. The average molecular weight is 577 g/mol. The van der Waals surface area contributed by atoms with Crippen LogP contribution in [0, 0.1) is 5.92 Å². The van der Waals surface area contributed by atoms with Crippen molar-refractivity contribution in [3.63, 3.8) is 0 Å². The van der Waals surface area contributed by atoms with Gasteiger partial charge in [0.15, 0.2) is 4.80 Å². The zero-order chi connectivity index (χ0) is 28.0. The van der Waals surface area contributed by atoms with E-state index in [4.69, 9.17) is 35.5 Å². The molecule has 1 aromatic heterocycles. The van der Waals surface area contributed by atoms with Crippen molar-refractivity contribution < 1.29 is 23.7 Å². The van der Waals surface area contributed by atoms with Gasteiger partial charge in [-0.3, -0.25) is 14.2 Å². The lowest BCUT2D eigenvalue weighted by atomic mass is 9.81. The van der Waals surface area contributed by atoms with Crippen molar-refractivity contribution in [1.82, 2.24) is 4.57 Å². The standard InChI is InChI=1S/C30H25ClN2O6S/c1-30-25(28(35)37-3)26(21-9-4-5-10-23(21)39-30)33-27(34)24(40-29(33)32-30)14-17-11-12-22(36-2)18(13-17)16-38-20-8-6-7-19(31)15-20/h4-15,25-26H,16H2,1-3H3/b24-14+. The predicted molar refractivity (Wildman–Crippen MR) is 151 cm³/mol.